The predicted molar refractivity (Wildman–Crippen MR) is 65.5 cm³/mol. The van der Waals surface area contributed by atoms with E-state index in [2.05, 4.69) is 30.8 Å². The highest BCUT2D eigenvalue weighted by molar-refractivity contribution is 6.32. The van der Waals surface area contributed by atoms with Gasteiger partial charge in [-0.3, -0.25) is 4.90 Å². The van der Waals surface area contributed by atoms with Crippen LogP contribution in [0.2, 0.25) is 10.3 Å². The van der Waals surface area contributed by atoms with Crippen LogP contribution in [0.1, 0.15) is 25.8 Å². The molecular formula is C11H16Cl2N2. The Hall–Kier alpha value is -0.310. The summed E-state index contributed by atoms with van der Waals surface area (Å²) in [6.07, 6.45) is 1.12. The summed E-state index contributed by atoms with van der Waals surface area (Å²) in [5.41, 5.74) is 1.02. The van der Waals surface area contributed by atoms with Crippen LogP contribution in [-0.4, -0.2) is 23.0 Å². The zero-order valence-electron chi connectivity index (χ0n) is 9.30. The largest absolute Gasteiger partial charge is 0.299 e. The molecule has 84 valence electrons. The first-order chi connectivity index (χ1) is 7.04. The molecule has 0 saturated heterocycles. The maximum absolute atomic E-state index is 6.00. The van der Waals surface area contributed by atoms with Crippen LogP contribution in [0.15, 0.2) is 12.1 Å². The van der Waals surface area contributed by atoms with Gasteiger partial charge in [-0.1, -0.05) is 36.2 Å². The van der Waals surface area contributed by atoms with Crippen LogP contribution < -0.4 is 0 Å². The van der Waals surface area contributed by atoms with Crippen LogP contribution in [0.3, 0.4) is 0 Å². The Bertz CT molecular complexity index is 328. The van der Waals surface area contributed by atoms with Crippen molar-refractivity contribution in [3.05, 3.63) is 28.0 Å². The van der Waals surface area contributed by atoms with Crippen molar-refractivity contribution in [3.63, 3.8) is 0 Å². The molecule has 0 saturated carbocycles. The van der Waals surface area contributed by atoms with Crippen LogP contribution in [0.4, 0.5) is 0 Å². The lowest BCUT2D eigenvalue weighted by Crippen LogP contribution is -2.27. The molecule has 0 aliphatic heterocycles. The number of halogens is 2. The number of aromatic nitrogens is 1. The maximum atomic E-state index is 6.00. The Kier molecular flexibility index (Phi) is 4.84. The van der Waals surface area contributed by atoms with Crippen molar-refractivity contribution in [1.29, 1.82) is 0 Å². The molecule has 15 heavy (non-hydrogen) atoms. The molecule has 1 atom stereocenters. The fraction of sp³-hybridized carbons (Fsp3) is 0.545. The lowest BCUT2D eigenvalue weighted by atomic mass is 10.2. The summed E-state index contributed by atoms with van der Waals surface area (Å²) in [5, 5.41) is 0.938. The second-order valence-electron chi connectivity index (χ2n) is 3.76. The highest BCUT2D eigenvalue weighted by Gasteiger charge is 2.10. The van der Waals surface area contributed by atoms with E-state index in [0.717, 1.165) is 18.5 Å². The van der Waals surface area contributed by atoms with Gasteiger partial charge in [-0.05, 0) is 26.5 Å². The second-order valence-corrected chi connectivity index (χ2v) is 4.50. The molecule has 0 radical (unpaired) electrons. The first-order valence-electron chi connectivity index (χ1n) is 5.05. The minimum absolute atomic E-state index is 0.440. The molecule has 0 bridgehead atoms. The molecule has 0 aliphatic rings. The first-order valence-corrected chi connectivity index (χ1v) is 5.81. The summed E-state index contributed by atoms with van der Waals surface area (Å²) in [7, 11) is 2.08. The lowest BCUT2D eigenvalue weighted by Gasteiger charge is -2.23. The van der Waals surface area contributed by atoms with Crippen LogP contribution in [0.5, 0.6) is 0 Å². The molecule has 0 aliphatic carbocycles. The van der Waals surface area contributed by atoms with Crippen molar-refractivity contribution in [3.8, 4) is 0 Å². The average molecular weight is 247 g/mol. The Balaban J connectivity index is 2.72. The molecule has 0 aromatic carbocycles. The fourth-order valence-electron chi connectivity index (χ4n) is 1.30. The number of nitrogens with zero attached hydrogens (tertiary/aromatic N) is 2. The van der Waals surface area contributed by atoms with Crippen molar-refractivity contribution in [2.45, 2.75) is 32.9 Å². The van der Waals surface area contributed by atoms with Gasteiger partial charge in [-0.25, -0.2) is 4.98 Å². The van der Waals surface area contributed by atoms with Gasteiger partial charge in [-0.15, -0.1) is 0 Å². The standard InChI is InChI=1S/C11H16Cl2N2/c1-4-8(2)15(3)7-9-5-6-10(12)14-11(9)13/h5-6,8H,4,7H2,1-3H3. The van der Waals surface area contributed by atoms with Gasteiger partial charge >= 0.3 is 0 Å². The molecule has 1 heterocycles. The van der Waals surface area contributed by atoms with Gasteiger partial charge < -0.3 is 0 Å². The van der Waals surface area contributed by atoms with Gasteiger partial charge in [0.1, 0.15) is 10.3 Å². The third-order valence-corrected chi connectivity index (χ3v) is 3.19. The fourth-order valence-corrected chi connectivity index (χ4v) is 1.70. The lowest BCUT2D eigenvalue weighted by molar-refractivity contribution is 0.243. The summed E-state index contributed by atoms with van der Waals surface area (Å²) in [6, 6.07) is 4.24. The Labute approximate surface area is 101 Å². The van der Waals surface area contributed by atoms with Gasteiger partial charge in [0.05, 0.1) is 0 Å². The number of rotatable bonds is 4. The third kappa shape index (κ3) is 3.63. The monoisotopic (exact) mass is 246 g/mol. The highest BCUT2D eigenvalue weighted by Crippen LogP contribution is 2.18. The van der Waals surface area contributed by atoms with Crippen molar-refractivity contribution in [2.75, 3.05) is 7.05 Å². The van der Waals surface area contributed by atoms with E-state index in [-0.39, 0.29) is 0 Å². The molecule has 2 nitrogen and oxygen atoms in total. The predicted octanol–water partition coefficient (Wildman–Crippen LogP) is 3.62. The van der Waals surface area contributed by atoms with Gasteiger partial charge in [0.2, 0.25) is 0 Å². The van der Waals surface area contributed by atoms with Crippen molar-refractivity contribution in [2.24, 2.45) is 0 Å². The summed E-state index contributed by atoms with van der Waals surface area (Å²) in [4.78, 5) is 6.26. The zero-order chi connectivity index (χ0) is 11.4. The van der Waals surface area contributed by atoms with Crippen LogP contribution in [0, 0.1) is 0 Å². The van der Waals surface area contributed by atoms with E-state index in [1.54, 1.807) is 6.07 Å². The van der Waals surface area contributed by atoms with Crippen molar-refractivity contribution in [1.82, 2.24) is 9.88 Å². The summed E-state index contributed by atoms with van der Waals surface area (Å²) >= 11 is 11.7. The molecule has 0 amide bonds. The minimum atomic E-state index is 0.440. The maximum Gasteiger partial charge on any atom is 0.135 e. The summed E-state index contributed by atoms with van der Waals surface area (Å²) in [6.45, 7) is 5.16. The van der Waals surface area contributed by atoms with E-state index in [0.29, 0.717) is 16.3 Å². The molecule has 0 N–H and O–H groups in total. The first kappa shape index (κ1) is 12.8. The minimum Gasteiger partial charge on any atom is -0.299 e. The van der Waals surface area contributed by atoms with Crippen LogP contribution >= 0.6 is 23.2 Å². The summed E-state index contributed by atoms with van der Waals surface area (Å²) in [5.74, 6) is 0. The molecule has 1 rings (SSSR count). The quantitative estimate of drug-likeness (QED) is 0.755. The van der Waals surface area contributed by atoms with E-state index in [4.69, 9.17) is 23.2 Å². The van der Waals surface area contributed by atoms with Gasteiger partial charge in [-0.2, -0.15) is 0 Å². The van der Waals surface area contributed by atoms with E-state index in [1.165, 1.54) is 0 Å². The van der Waals surface area contributed by atoms with E-state index in [9.17, 15) is 0 Å². The van der Waals surface area contributed by atoms with E-state index < -0.39 is 0 Å². The number of pyridine rings is 1. The third-order valence-electron chi connectivity index (χ3n) is 2.66. The van der Waals surface area contributed by atoms with Gasteiger partial charge in [0.15, 0.2) is 0 Å². The van der Waals surface area contributed by atoms with Crippen molar-refractivity contribution < 1.29 is 0 Å². The van der Waals surface area contributed by atoms with E-state index in [1.807, 2.05) is 6.07 Å². The topological polar surface area (TPSA) is 16.1 Å². The molecule has 0 fully saturated rings. The van der Waals surface area contributed by atoms with E-state index >= 15 is 0 Å². The number of hydrogen-bond acceptors (Lipinski definition) is 2. The van der Waals surface area contributed by atoms with Gasteiger partial charge in [0, 0.05) is 18.2 Å². The average Bonchev–Trinajstić information content (AvgIpc) is 2.20. The summed E-state index contributed by atoms with van der Waals surface area (Å²) < 4.78 is 0. The Morgan fingerprint density at radius 1 is 1.40 bits per heavy atom. The van der Waals surface area contributed by atoms with Crippen molar-refractivity contribution >= 4 is 23.2 Å². The Morgan fingerprint density at radius 2 is 2.07 bits per heavy atom. The molecule has 1 aromatic heterocycles. The molecular weight excluding hydrogens is 231 g/mol. The smallest absolute Gasteiger partial charge is 0.135 e. The highest BCUT2D eigenvalue weighted by atomic mass is 35.5. The molecule has 4 heteroatoms. The second kappa shape index (κ2) is 5.69. The molecule has 0 spiro atoms. The Morgan fingerprint density at radius 3 is 2.60 bits per heavy atom. The SMILES string of the molecule is CCC(C)N(C)Cc1ccc(Cl)nc1Cl. The molecule has 1 aromatic rings. The number of hydrogen-bond donors (Lipinski definition) is 0. The normalized spacial score (nSPS) is 13.2. The van der Waals surface area contributed by atoms with Crippen LogP contribution in [0.25, 0.3) is 0 Å². The molecule has 1 unspecified atom stereocenters. The van der Waals surface area contributed by atoms with Crippen LogP contribution in [-0.2, 0) is 6.54 Å². The zero-order valence-corrected chi connectivity index (χ0v) is 10.8. The van der Waals surface area contributed by atoms with Gasteiger partial charge in [0.25, 0.3) is 0 Å².